The number of guanidine groups is 1. The van der Waals surface area contributed by atoms with Crippen molar-refractivity contribution >= 4 is 29.9 Å². The molecule has 2 aromatic rings. The predicted octanol–water partition coefficient (Wildman–Crippen LogP) is 3.57. The molecule has 0 bridgehead atoms. The molecule has 2 rings (SSSR count). The monoisotopic (exact) mass is 473 g/mol. The number of ether oxygens (including phenoxy) is 2. The number of rotatable bonds is 10. The number of aliphatic imine (C=N–C) groups is 1. The molecule has 0 saturated heterocycles. The number of hydrogen-bond donors (Lipinski definition) is 2. The van der Waals surface area contributed by atoms with E-state index >= 15 is 0 Å². The molecule has 0 aliphatic carbocycles. The summed E-state index contributed by atoms with van der Waals surface area (Å²) in [6.45, 7) is 5.36. The van der Waals surface area contributed by atoms with Crippen LogP contribution in [-0.2, 0) is 17.8 Å². The van der Waals surface area contributed by atoms with Crippen LogP contribution in [0.5, 0.6) is 5.75 Å². The molecule has 0 spiro atoms. The first-order valence-corrected chi connectivity index (χ1v) is 8.57. The van der Waals surface area contributed by atoms with Crippen LogP contribution in [-0.4, -0.2) is 32.8 Å². The molecule has 0 aliphatic rings. The second-order valence-corrected chi connectivity index (χ2v) is 5.47. The highest BCUT2D eigenvalue weighted by Crippen LogP contribution is 2.14. The molecular weight excluding hydrogens is 445 g/mol. The van der Waals surface area contributed by atoms with Gasteiger partial charge in [-0.15, -0.1) is 24.0 Å². The average molecular weight is 473 g/mol. The first-order valence-electron chi connectivity index (χ1n) is 8.57. The molecule has 6 nitrogen and oxygen atoms in total. The van der Waals surface area contributed by atoms with Crippen molar-refractivity contribution in [2.75, 3.05) is 26.9 Å². The number of hydrogen-bond acceptors (Lipinski definition) is 4. The summed E-state index contributed by atoms with van der Waals surface area (Å²) in [5.74, 6) is 2.49. The minimum absolute atomic E-state index is 0. The van der Waals surface area contributed by atoms with E-state index < -0.39 is 0 Å². The van der Waals surface area contributed by atoms with Gasteiger partial charge < -0.3 is 24.5 Å². The summed E-state index contributed by atoms with van der Waals surface area (Å²) in [6.07, 6.45) is 2.54. The maximum absolute atomic E-state index is 5.73. The van der Waals surface area contributed by atoms with Crippen LogP contribution in [0, 0.1) is 0 Å². The maximum atomic E-state index is 5.73. The minimum atomic E-state index is 0. The van der Waals surface area contributed by atoms with Gasteiger partial charge in [-0.25, -0.2) is 4.99 Å². The molecule has 0 aliphatic heterocycles. The van der Waals surface area contributed by atoms with Crippen LogP contribution in [0.15, 0.2) is 52.1 Å². The molecule has 144 valence electrons. The molecular formula is C19H28IN3O3. The Morgan fingerprint density at radius 3 is 2.77 bits per heavy atom. The molecule has 0 amide bonds. The van der Waals surface area contributed by atoms with E-state index in [1.807, 2.05) is 43.3 Å². The smallest absolute Gasteiger partial charge is 0.191 e. The van der Waals surface area contributed by atoms with Crippen LogP contribution in [0.4, 0.5) is 0 Å². The lowest BCUT2D eigenvalue weighted by Gasteiger charge is -2.11. The Balaban J connectivity index is 0.00000338. The lowest BCUT2D eigenvalue weighted by atomic mass is 10.2. The van der Waals surface area contributed by atoms with Crippen LogP contribution in [0.1, 0.15) is 24.7 Å². The number of methoxy groups -OCH3 is 1. The Morgan fingerprint density at radius 1 is 1.15 bits per heavy atom. The first kappa shape index (κ1) is 22.3. The maximum Gasteiger partial charge on any atom is 0.191 e. The van der Waals surface area contributed by atoms with Gasteiger partial charge in [-0.05, 0) is 36.8 Å². The number of nitrogens with one attached hydrogen (secondary N) is 2. The van der Waals surface area contributed by atoms with Crippen molar-refractivity contribution in [2.45, 2.75) is 26.4 Å². The molecule has 1 aromatic heterocycles. The second kappa shape index (κ2) is 13.5. The van der Waals surface area contributed by atoms with Crippen molar-refractivity contribution in [3.8, 4) is 5.75 Å². The number of nitrogens with zero attached hydrogens (tertiary/aromatic N) is 1. The third kappa shape index (κ3) is 8.57. The Morgan fingerprint density at radius 2 is 2.04 bits per heavy atom. The van der Waals surface area contributed by atoms with Crippen molar-refractivity contribution in [3.05, 3.63) is 54.0 Å². The zero-order valence-corrected chi connectivity index (χ0v) is 17.7. The predicted molar refractivity (Wildman–Crippen MR) is 114 cm³/mol. The van der Waals surface area contributed by atoms with E-state index in [0.29, 0.717) is 26.3 Å². The van der Waals surface area contributed by atoms with Crippen LogP contribution < -0.4 is 15.4 Å². The van der Waals surface area contributed by atoms with Gasteiger partial charge in [0.15, 0.2) is 5.96 Å². The Hall–Kier alpha value is -1.74. The van der Waals surface area contributed by atoms with Crippen molar-refractivity contribution in [1.29, 1.82) is 0 Å². The topological polar surface area (TPSA) is 68.0 Å². The summed E-state index contributed by atoms with van der Waals surface area (Å²) in [5.41, 5.74) is 1.10. The number of benzene rings is 1. The largest absolute Gasteiger partial charge is 0.493 e. The number of halogens is 1. The van der Waals surface area contributed by atoms with Gasteiger partial charge in [-0.3, -0.25) is 0 Å². The van der Waals surface area contributed by atoms with E-state index in [1.54, 1.807) is 13.4 Å². The molecule has 2 N–H and O–H groups in total. The van der Waals surface area contributed by atoms with Crippen molar-refractivity contribution < 1.29 is 13.9 Å². The van der Waals surface area contributed by atoms with Crippen molar-refractivity contribution in [2.24, 2.45) is 4.99 Å². The SMILES string of the molecule is CCNC(=NCc1cccc(OCCCOC)c1)NCc1ccco1.I. The van der Waals surface area contributed by atoms with E-state index in [2.05, 4.69) is 15.6 Å². The summed E-state index contributed by atoms with van der Waals surface area (Å²) in [4.78, 5) is 4.61. The van der Waals surface area contributed by atoms with Crippen LogP contribution in [0.3, 0.4) is 0 Å². The van der Waals surface area contributed by atoms with E-state index in [1.165, 1.54) is 0 Å². The highest BCUT2D eigenvalue weighted by atomic mass is 127. The summed E-state index contributed by atoms with van der Waals surface area (Å²) in [5, 5.41) is 6.49. The molecule has 0 atom stereocenters. The lowest BCUT2D eigenvalue weighted by Crippen LogP contribution is -2.36. The van der Waals surface area contributed by atoms with Crippen molar-refractivity contribution in [3.63, 3.8) is 0 Å². The lowest BCUT2D eigenvalue weighted by molar-refractivity contribution is 0.172. The Labute approximate surface area is 172 Å². The Bertz CT molecular complexity index is 633. The number of furan rings is 1. The fourth-order valence-corrected chi connectivity index (χ4v) is 2.22. The summed E-state index contributed by atoms with van der Waals surface area (Å²) >= 11 is 0. The van der Waals surface area contributed by atoms with Gasteiger partial charge in [-0.2, -0.15) is 0 Å². The van der Waals surface area contributed by atoms with Gasteiger partial charge in [0.2, 0.25) is 0 Å². The molecule has 0 fully saturated rings. The molecule has 26 heavy (non-hydrogen) atoms. The average Bonchev–Trinajstić information content (AvgIpc) is 3.15. The van der Waals surface area contributed by atoms with Gasteiger partial charge in [0, 0.05) is 26.7 Å². The standard InChI is InChI=1S/C19H27N3O3.HI/c1-3-20-19(22-15-18-9-5-11-25-18)21-14-16-7-4-8-17(13-16)24-12-6-10-23-2;/h4-5,7-9,11,13H,3,6,10,12,14-15H2,1-2H3,(H2,20,21,22);1H. The minimum Gasteiger partial charge on any atom is -0.493 e. The van der Waals surface area contributed by atoms with E-state index in [4.69, 9.17) is 13.9 Å². The molecule has 7 heteroatoms. The quantitative estimate of drug-likeness (QED) is 0.239. The van der Waals surface area contributed by atoms with Gasteiger partial charge in [0.25, 0.3) is 0 Å². The highest BCUT2D eigenvalue weighted by molar-refractivity contribution is 14.0. The molecule has 0 radical (unpaired) electrons. The summed E-state index contributed by atoms with van der Waals surface area (Å²) in [6, 6.07) is 11.8. The zero-order valence-electron chi connectivity index (χ0n) is 15.4. The van der Waals surface area contributed by atoms with Crippen LogP contribution in [0.25, 0.3) is 0 Å². The zero-order chi connectivity index (χ0) is 17.7. The van der Waals surface area contributed by atoms with Crippen LogP contribution >= 0.6 is 24.0 Å². The fraction of sp³-hybridized carbons (Fsp3) is 0.421. The molecule has 0 saturated carbocycles. The summed E-state index contributed by atoms with van der Waals surface area (Å²) in [7, 11) is 1.69. The van der Waals surface area contributed by atoms with E-state index in [0.717, 1.165) is 36.0 Å². The summed E-state index contributed by atoms with van der Waals surface area (Å²) < 4.78 is 16.1. The fourth-order valence-electron chi connectivity index (χ4n) is 2.22. The van der Waals surface area contributed by atoms with E-state index in [-0.39, 0.29) is 24.0 Å². The molecule has 1 heterocycles. The van der Waals surface area contributed by atoms with Gasteiger partial charge >= 0.3 is 0 Å². The second-order valence-electron chi connectivity index (χ2n) is 5.47. The van der Waals surface area contributed by atoms with Gasteiger partial charge in [-0.1, -0.05) is 12.1 Å². The third-order valence-electron chi connectivity index (χ3n) is 3.43. The third-order valence-corrected chi connectivity index (χ3v) is 3.43. The van der Waals surface area contributed by atoms with Crippen molar-refractivity contribution in [1.82, 2.24) is 10.6 Å². The van der Waals surface area contributed by atoms with Gasteiger partial charge in [0.05, 0.1) is 26.0 Å². The van der Waals surface area contributed by atoms with E-state index in [9.17, 15) is 0 Å². The van der Waals surface area contributed by atoms with Gasteiger partial charge in [0.1, 0.15) is 11.5 Å². The van der Waals surface area contributed by atoms with Crippen LogP contribution in [0.2, 0.25) is 0 Å². The first-order chi connectivity index (χ1) is 12.3. The normalized spacial score (nSPS) is 10.9. The molecule has 0 unspecified atom stereocenters. The highest BCUT2D eigenvalue weighted by Gasteiger charge is 2.01. The Kier molecular flexibility index (Phi) is 11.5. The molecule has 1 aromatic carbocycles.